The van der Waals surface area contributed by atoms with Gasteiger partial charge in [-0.15, -0.1) is 16.6 Å². The number of carbonyl (C=O) groups is 2. The van der Waals surface area contributed by atoms with Crippen LogP contribution in [0.1, 0.15) is 17.1 Å². The number of carbonyl (C=O) groups excluding carboxylic acids is 2. The maximum atomic E-state index is 13.0. The number of ether oxygens (including phenoxy) is 2. The number of benzene rings is 2. The summed E-state index contributed by atoms with van der Waals surface area (Å²) in [7, 11) is 3.19. The molecule has 2 saturated heterocycles. The lowest BCUT2D eigenvalue weighted by molar-refractivity contribution is -0.132. The molecule has 67 heavy (non-hydrogen) atoms. The molecule has 0 unspecified atom stereocenters. The molecule has 21 heteroatoms. The Bertz CT molecular complexity index is 2790. The van der Waals surface area contributed by atoms with Crippen LogP contribution < -0.4 is 19.3 Å². The van der Waals surface area contributed by atoms with Gasteiger partial charge in [-0.25, -0.2) is 4.98 Å². The summed E-state index contributed by atoms with van der Waals surface area (Å²) in [6.45, 7) is 16.1. The first-order valence-corrected chi connectivity index (χ1v) is 22.8. The molecule has 16 nitrogen and oxygen atoms in total. The summed E-state index contributed by atoms with van der Waals surface area (Å²) in [5.41, 5.74) is 5.97. The number of H-pyrrole nitrogens is 1. The van der Waals surface area contributed by atoms with Crippen molar-refractivity contribution in [2.75, 3.05) is 82.3 Å². The van der Waals surface area contributed by atoms with E-state index < -0.39 is 0 Å². The highest BCUT2D eigenvalue weighted by Gasteiger charge is 2.25. The van der Waals surface area contributed by atoms with Crippen LogP contribution in [0.4, 0.5) is 17.2 Å². The molecule has 0 atom stereocenters. The fourth-order valence-corrected chi connectivity index (χ4v) is 8.08. The number of nitrogens with zero attached hydrogens (tertiary/aromatic N) is 11. The van der Waals surface area contributed by atoms with Crippen LogP contribution >= 0.6 is 58.0 Å². The third kappa shape index (κ3) is 12.4. The minimum absolute atomic E-state index is 0.00463. The van der Waals surface area contributed by atoms with Gasteiger partial charge < -0.3 is 33.9 Å². The van der Waals surface area contributed by atoms with Crippen molar-refractivity contribution in [1.29, 1.82) is 5.26 Å². The predicted molar refractivity (Wildman–Crippen MR) is 262 cm³/mol. The number of aromatic amines is 1. The van der Waals surface area contributed by atoms with Crippen LogP contribution in [-0.2, 0) is 16.1 Å². The van der Waals surface area contributed by atoms with E-state index in [0.29, 0.717) is 105 Å². The first kappa shape index (κ1) is 50.1. The summed E-state index contributed by atoms with van der Waals surface area (Å²) in [5, 5.41) is 22.5. The Morgan fingerprint density at radius 1 is 0.746 bits per heavy atom. The lowest BCUT2D eigenvalue weighted by Crippen LogP contribution is -2.49. The van der Waals surface area contributed by atoms with Gasteiger partial charge in [-0.1, -0.05) is 65.1 Å². The summed E-state index contributed by atoms with van der Waals surface area (Å²) in [4.78, 5) is 44.1. The maximum absolute atomic E-state index is 13.0. The first-order valence-electron chi connectivity index (χ1n) is 20.7. The lowest BCUT2D eigenvalue weighted by Gasteiger charge is -2.36. The zero-order valence-electron chi connectivity index (χ0n) is 36.9. The smallest absolute Gasteiger partial charge is 0.270 e. The summed E-state index contributed by atoms with van der Waals surface area (Å²) in [5.74, 6) is 1.65. The normalized spacial score (nSPS) is 13.4. The van der Waals surface area contributed by atoms with E-state index in [1.807, 2.05) is 61.2 Å². The van der Waals surface area contributed by atoms with Gasteiger partial charge in [-0.2, -0.15) is 15.5 Å². The quantitative estimate of drug-likeness (QED) is 0.109. The van der Waals surface area contributed by atoms with Crippen molar-refractivity contribution in [3.8, 4) is 40.3 Å². The minimum Gasteiger partial charge on any atom is -0.495 e. The molecule has 6 heterocycles. The Labute approximate surface area is 413 Å². The highest BCUT2D eigenvalue weighted by molar-refractivity contribution is 6.34. The molecule has 0 aliphatic carbocycles. The van der Waals surface area contributed by atoms with E-state index in [9.17, 15) is 9.59 Å². The standard InChI is InChI=1S/C23H22Cl2N6O2.C13H16Cl2N2O2.C10H7ClN4/c1-15-22(25)23(19-5-3-4-16(13-26)27-19)28-31(15)14-21(32)30-10-8-29(9-11-30)17-6-7-18(24)20(12-17)33-2;1-19-12-8-10(2-3-11(12)15)16-4-6-17(7-5-16)13(18)9-14;1-6-9(11)10(15-14-6)7-4-3-5-8(12-2)13-7/h3-7,12H,8-11,14H2,1-2H3;2-3,8H,4-7,9H2,1H3;3-5H,1H3,(H,14,15). The number of alkyl halides is 1. The molecule has 348 valence electrons. The van der Waals surface area contributed by atoms with Crippen molar-refractivity contribution in [2.24, 2.45) is 0 Å². The molecular formula is C46H45Cl5N12O4. The second-order valence-corrected chi connectivity index (χ2v) is 16.8. The van der Waals surface area contributed by atoms with E-state index in [1.54, 1.807) is 60.2 Å². The summed E-state index contributed by atoms with van der Waals surface area (Å²) < 4.78 is 12.1. The first-order chi connectivity index (χ1) is 32.3. The monoisotopic (exact) mass is 1000 g/mol. The Balaban J connectivity index is 0.000000183. The number of amides is 2. The van der Waals surface area contributed by atoms with E-state index in [1.165, 1.54) is 0 Å². The molecule has 1 N–H and O–H groups in total. The SMILES string of the molecule is COc1cc(N2CCN(C(=O)CCl)CC2)ccc1Cl.COc1cc(N2CCN(C(=O)Cn3nc(-c4cccc(C#N)n4)c(Cl)c3C)CC2)ccc1Cl.[C-]#[N+]c1cccc(-c2n[nH]c(C)c2Cl)n1. The topological polar surface area (TPSA) is 166 Å². The largest absolute Gasteiger partial charge is 0.495 e. The van der Waals surface area contributed by atoms with Crippen LogP contribution in [0.5, 0.6) is 11.5 Å². The highest BCUT2D eigenvalue weighted by Crippen LogP contribution is 2.33. The maximum Gasteiger partial charge on any atom is 0.270 e. The Morgan fingerprint density at radius 3 is 1.78 bits per heavy atom. The van der Waals surface area contributed by atoms with Gasteiger partial charge in [0.2, 0.25) is 11.8 Å². The number of methoxy groups -OCH3 is 2. The van der Waals surface area contributed by atoms with Gasteiger partial charge in [0.1, 0.15) is 41.4 Å². The van der Waals surface area contributed by atoms with E-state index in [-0.39, 0.29) is 29.9 Å². The number of rotatable bonds is 9. The van der Waals surface area contributed by atoms with Gasteiger partial charge in [0.05, 0.1) is 51.4 Å². The number of nitrogens with one attached hydrogen (secondary N) is 1. The minimum atomic E-state index is -0.0316. The van der Waals surface area contributed by atoms with Crippen LogP contribution in [0, 0.1) is 31.8 Å². The van der Waals surface area contributed by atoms with Gasteiger partial charge in [-0.05, 0) is 62.4 Å². The Hall–Kier alpha value is -6.27. The van der Waals surface area contributed by atoms with Gasteiger partial charge >= 0.3 is 0 Å². The molecule has 0 radical (unpaired) electrons. The molecule has 0 bridgehead atoms. The third-order valence-corrected chi connectivity index (χ3v) is 12.6. The molecule has 2 fully saturated rings. The third-order valence-electron chi connectivity index (χ3n) is 10.9. The van der Waals surface area contributed by atoms with Crippen LogP contribution in [0.2, 0.25) is 20.1 Å². The molecule has 2 amide bonds. The zero-order chi connectivity index (χ0) is 48.2. The van der Waals surface area contributed by atoms with Crippen LogP contribution in [0.25, 0.3) is 27.6 Å². The van der Waals surface area contributed by atoms with Gasteiger partial charge in [0.25, 0.3) is 5.82 Å². The van der Waals surface area contributed by atoms with Crippen molar-refractivity contribution >= 4 is 87.0 Å². The van der Waals surface area contributed by atoms with Crippen molar-refractivity contribution in [3.63, 3.8) is 0 Å². The summed E-state index contributed by atoms with van der Waals surface area (Å²) in [6.07, 6.45) is 0. The van der Waals surface area contributed by atoms with Crippen molar-refractivity contribution in [3.05, 3.63) is 121 Å². The van der Waals surface area contributed by atoms with E-state index in [0.717, 1.165) is 30.2 Å². The highest BCUT2D eigenvalue weighted by atomic mass is 35.5. The van der Waals surface area contributed by atoms with Crippen LogP contribution in [-0.4, -0.2) is 124 Å². The molecule has 2 aliphatic heterocycles. The Morgan fingerprint density at radius 2 is 1.28 bits per heavy atom. The Kier molecular flexibility index (Phi) is 17.6. The fraction of sp³-hybridized carbons (Fsp3) is 0.304. The second-order valence-electron chi connectivity index (χ2n) is 14.9. The predicted octanol–water partition coefficient (Wildman–Crippen LogP) is 9.01. The lowest BCUT2D eigenvalue weighted by atomic mass is 10.2. The molecule has 6 aromatic rings. The van der Waals surface area contributed by atoms with Crippen molar-refractivity contribution < 1.29 is 19.1 Å². The molecule has 0 spiro atoms. The fourth-order valence-electron chi connectivity index (χ4n) is 7.10. The molecule has 2 aliphatic rings. The van der Waals surface area contributed by atoms with E-state index in [2.05, 4.69) is 39.9 Å². The number of nitriles is 1. The zero-order valence-corrected chi connectivity index (χ0v) is 40.7. The number of aromatic nitrogens is 6. The van der Waals surface area contributed by atoms with Gasteiger partial charge in [-0.3, -0.25) is 19.4 Å². The second kappa shape index (κ2) is 23.5. The number of pyridine rings is 2. The molecule has 0 saturated carbocycles. The summed E-state index contributed by atoms with van der Waals surface area (Å²) >= 11 is 30.2. The van der Waals surface area contributed by atoms with Crippen LogP contribution in [0.15, 0.2) is 72.8 Å². The van der Waals surface area contributed by atoms with E-state index >= 15 is 0 Å². The molecule has 2 aromatic carbocycles. The van der Waals surface area contributed by atoms with Crippen molar-refractivity contribution in [1.82, 2.24) is 39.7 Å². The van der Waals surface area contributed by atoms with Gasteiger partial charge in [0.15, 0.2) is 11.4 Å². The number of aryl methyl sites for hydroxylation is 1. The van der Waals surface area contributed by atoms with Crippen molar-refractivity contribution in [2.45, 2.75) is 20.4 Å². The summed E-state index contributed by atoms with van der Waals surface area (Å²) in [6, 6.07) is 23.7. The number of anilines is 2. The molecular weight excluding hydrogens is 962 g/mol. The number of halogens is 5. The molecule has 4 aromatic heterocycles. The average molecular weight is 1010 g/mol. The van der Waals surface area contributed by atoms with Crippen LogP contribution in [0.3, 0.4) is 0 Å². The molecule has 8 rings (SSSR count). The average Bonchev–Trinajstić information content (AvgIpc) is 3.85. The number of hydrogen-bond acceptors (Lipinski definition) is 11. The van der Waals surface area contributed by atoms with E-state index in [4.69, 9.17) is 79.3 Å². The number of hydrogen-bond donors (Lipinski definition) is 1. The van der Waals surface area contributed by atoms with Gasteiger partial charge in [0, 0.05) is 75.9 Å². The number of piperazine rings is 2.